The van der Waals surface area contributed by atoms with Gasteiger partial charge in [-0.15, -0.1) is 11.3 Å². The fraction of sp³-hybridized carbons (Fsp3) is 0.425. The maximum absolute atomic E-state index is 15.1. The van der Waals surface area contributed by atoms with Gasteiger partial charge in [0.1, 0.15) is 11.5 Å². The minimum atomic E-state index is -1.33. The molecule has 6 unspecified atom stereocenters. The van der Waals surface area contributed by atoms with Crippen LogP contribution in [-0.4, -0.2) is 55.6 Å². The topological polar surface area (TPSA) is 122 Å². The molecule has 0 bridgehead atoms. The first-order valence-corrected chi connectivity index (χ1v) is 18.9. The Kier molecular flexibility index (Phi) is 7.83. The van der Waals surface area contributed by atoms with Crippen LogP contribution in [0.3, 0.4) is 0 Å². The lowest BCUT2D eigenvalue weighted by Gasteiger charge is -2.49. The number of ether oxygens (including phenoxy) is 1. The second-order valence-electron chi connectivity index (χ2n) is 15.7. The van der Waals surface area contributed by atoms with E-state index in [9.17, 15) is 19.5 Å². The number of hydrogen-bond donors (Lipinski definition) is 1. The Labute approximate surface area is 311 Å². The van der Waals surface area contributed by atoms with E-state index in [0.717, 1.165) is 26.1 Å². The number of nitrogens with zero attached hydrogens (tertiary/aromatic N) is 4. The van der Waals surface area contributed by atoms with E-state index in [0.29, 0.717) is 35.1 Å². The summed E-state index contributed by atoms with van der Waals surface area (Å²) >= 11 is 7.88. The smallest absolute Gasteiger partial charge is 0.242 e. The van der Waals surface area contributed by atoms with Gasteiger partial charge in [0.25, 0.3) is 0 Å². The molecule has 2 aliphatic carbocycles. The zero-order valence-corrected chi connectivity index (χ0v) is 31.8. The van der Waals surface area contributed by atoms with Gasteiger partial charge < -0.3 is 9.84 Å². The molecule has 10 nitrogen and oxygen atoms in total. The van der Waals surface area contributed by atoms with Gasteiger partial charge in [-0.05, 0) is 95.5 Å². The number of aryl methyl sites for hydroxylation is 2. The molecular formula is C40H41ClN4O6S. The lowest BCUT2D eigenvalue weighted by molar-refractivity contribution is -0.145. The van der Waals surface area contributed by atoms with E-state index in [-0.39, 0.29) is 29.7 Å². The van der Waals surface area contributed by atoms with Gasteiger partial charge in [0.2, 0.25) is 23.6 Å². The molecule has 4 aliphatic rings. The highest BCUT2D eigenvalue weighted by Crippen LogP contribution is 2.65. The molecule has 270 valence electrons. The molecule has 2 saturated heterocycles. The van der Waals surface area contributed by atoms with Gasteiger partial charge in [-0.1, -0.05) is 35.4 Å². The second-order valence-corrected chi connectivity index (χ2v) is 17.2. The summed E-state index contributed by atoms with van der Waals surface area (Å²) in [5, 5.41) is 18.2. The van der Waals surface area contributed by atoms with Crippen LogP contribution in [0.15, 0.2) is 54.1 Å². The molecule has 8 rings (SSSR count). The monoisotopic (exact) mass is 740 g/mol. The average Bonchev–Trinajstić information content (AvgIpc) is 3.76. The number of halogens is 1. The van der Waals surface area contributed by atoms with Crippen LogP contribution in [0.4, 0.5) is 5.82 Å². The molecule has 4 amide bonds. The molecule has 1 saturated carbocycles. The predicted molar refractivity (Wildman–Crippen MR) is 199 cm³/mol. The van der Waals surface area contributed by atoms with E-state index in [2.05, 4.69) is 0 Å². The molecule has 12 heteroatoms. The molecule has 6 atom stereocenters. The van der Waals surface area contributed by atoms with E-state index >= 15 is 4.79 Å². The Morgan fingerprint density at radius 3 is 2.52 bits per heavy atom. The molecule has 3 fully saturated rings. The van der Waals surface area contributed by atoms with E-state index in [1.165, 1.54) is 9.80 Å². The second kappa shape index (κ2) is 11.8. The van der Waals surface area contributed by atoms with Gasteiger partial charge >= 0.3 is 0 Å². The van der Waals surface area contributed by atoms with Crippen LogP contribution in [0.5, 0.6) is 11.5 Å². The highest BCUT2D eigenvalue weighted by molar-refractivity contribution is 7.22. The number of phenols is 1. The molecule has 4 aromatic rings. The van der Waals surface area contributed by atoms with Crippen LogP contribution in [0.1, 0.15) is 64.5 Å². The first kappa shape index (κ1) is 34.6. The zero-order chi connectivity index (χ0) is 37.2. The van der Waals surface area contributed by atoms with Gasteiger partial charge in [0.15, 0.2) is 11.5 Å². The summed E-state index contributed by atoms with van der Waals surface area (Å²) in [4.78, 5) is 61.5. The average molecular weight is 741 g/mol. The molecule has 2 aromatic carbocycles. The molecular weight excluding hydrogens is 700 g/mol. The van der Waals surface area contributed by atoms with Crippen molar-refractivity contribution in [2.75, 3.05) is 11.5 Å². The van der Waals surface area contributed by atoms with Crippen molar-refractivity contribution >= 4 is 62.5 Å². The van der Waals surface area contributed by atoms with Crippen molar-refractivity contribution in [2.24, 2.45) is 36.1 Å². The number of thiophene rings is 1. The van der Waals surface area contributed by atoms with Crippen LogP contribution in [0, 0.1) is 36.0 Å². The lowest BCUT2D eigenvalue weighted by atomic mass is 9.51. The number of para-hydroxylation sites is 1. The lowest BCUT2D eigenvalue weighted by Crippen LogP contribution is -2.49. The van der Waals surface area contributed by atoms with E-state index in [4.69, 9.17) is 21.4 Å². The van der Waals surface area contributed by atoms with E-state index in [1.807, 2.05) is 58.9 Å². The Morgan fingerprint density at radius 2 is 1.81 bits per heavy atom. The molecule has 4 heterocycles. The van der Waals surface area contributed by atoms with Crippen molar-refractivity contribution in [1.82, 2.24) is 14.7 Å². The Morgan fingerprint density at radius 1 is 1.06 bits per heavy atom. The quantitative estimate of drug-likeness (QED) is 0.167. The maximum atomic E-state index is 15.1. The number of imide groups is 2. The third-order valence-corrected chi connectivity index (χ3v) is 13.3. The number of aromatic hydroxyl groups is 1. The first-order valence-electron chi connectivity index (χ1n) is 17.7. The minimum Gasteiger partial charge on any atom is -0.504 e. The number of carbonyl (C=O) groups is 4. The number of rotatable bonds is 5. The Balaban J connectivity index is 1.27. The van der Waals surface area contributed by atoms with Gasteiger partial charge in [-0.2, -0.15) is 5.10 Å². The van der Waals surface area contributed by atoms with E-state index < -0.39 is 52.4 Å². The molecule has 1 N–H and O–H groups in total. The van der Waals surface area contributed by atoms with Crippen LogP contribution in [0.25, 0.3) is 20.7 Å². The zero-order valence-electron chi connectivity index (χ0n) is 30.2. The Hall–Kier alpha value is -4.48. The van der Waals surface area contributed by atoms with Crippen molar-refractivity contribution in [1.29, 1.82) is 0 Å². The number of anilines is 1. The van der Waals surface area contributed by atoms with Gasteiger partial charge in [0.05, 0.1) is 34.7 Å². The third kappa shape index (κ3) is 4.70. The largest absolute Gasteiger partial charge is 0.504 e. The number of hydrogen-bond acceptors (Lipinski definition) is 8. The van der Waals surface area contributed by atoms with Crippen molar-refractivity contribution < 1.29 is 29.0 Å². The van der Waals surface area contributed by atoms with Crippen LogP contribution in [-0.2, 0) is 26.2 Å². The standard InChI is InChI=1S/C40H41ClN4O6S/c1-8-51-28-11-9-10-23(33(28)46)32-21-13-14-22-31(37(49)45(35(22)47)39(3,4)5)25(21)17-26-36(48)44(38(50)40(26,32)6)30-18-27(42-43(30)7)34-19(2)24-16-20(41)12-15-29(24)52-34/h9-13,15-16,18,22,25-26,31-32,46H,8,14,17H2,1-7H3. The third-order valence-electron chi connectivity index (χ3n) is 11.8. The number of phenolic OH excluding ortho intramolecular Hbond substituents is 1. The van der Waals surface area contributed by atoms with Crippen LogP contribution >= 0.6 is 22.9 Å². The minimum absolute atomic E-state index is 0.106. The SMILES string of the molecule is CCOc1cccc(C2C3=CCC4C(=O)N(C(C)(C)C)C(=O)C4C3CC3C(=O)N(c4cc(-c5sc6ccc(Cl)cc6c5C)nn4C)C(=O)C32C)c1O. The van der Waals surface area contributed by atoms with E-state index in [1.54, 1.807) is 54.3 Å². The predicted octanol–water partition coefficient (Wildman–Crippen LogP) is 7.40. The van der Waals surface area contributed by atoms with Gasteiger partial charge in [0, 0.05) is 39.9 Å². The Bertz CT molecular complexity index is 2270. The molecule has 0 radical (unpaired) electrons. The maximum Gasteiger partial charge on any atom is 0.242 e. The molecule has 2 aromatic heterocycles. The number of amides is 4. The molecule has 52 heavy (non-hydrogen) atoms. The van der Waals surface area contributed by atoms with Crippen LogP contribution in [0.2, 0.25) is 5.02 Å². The van der Waals surface area contributed by atoms with Crippen molar-refractivity contribution in [3.8, 4) is 22.1 Å². The summed E-state index contributed by atoms with van der Waals surface area (Å²) in [6, 6.07) is 12.7. The number of likely N-dealkylation sites (tertiary alicyclic amines) is 1. The number of allylic oxidation sites excluding steroid dienone is 2. The molecule has 2 aliphatic heterocycles. The van der Waals surface area contributed by atoms with Gasteiger partial charge in [-0.3, -0.25) is 28.8 Å². The normalized spacial score (nSPS) is 27.3. The van der Waals surface area contributed by atoms with Crippen molar-refractivity contribution in [2.45, 2.75) is 65.8 Å². The molecule has 0 spiro atoms. The number of carbonyl (C=O) groups excluding carboxylic acids is 4. The summed E-state index contributed by atoms with van der Waals surface area (Å²) in [5.74, 6) is -4.11. The first-order chi connectivity index (χ1) is 24.6. The van der Waals surface area contributed by atoms with Crippen LogP contribution < -0.4 is 9.64 Å². The summed E-state index contributed by atoms with van der Waals surface area (Å²) in [7, 11) is 1.72. The highest BCUT2D eigenvalue weighted by Gasteiger charge is 2.68. The summed E-state index contributed by atoms with van der Waals surface area (Å²) in [6.07, 6.45) is 2.53. The summed E-state index contributed by atoms with van der Waals surface area (Å²) in [5.41, 5.74) is 0.827. The summed E-state index contributed by atoms with van der Waals surface area (Å²) < 4.78 is 8.39. The number of benzene rings is 2. The van der Waals surface area contributed by atoms with Crippen molar-refractivity contribution in [3.05, 3.63) is 70.3 Å². The number of fused-ring (bicyclic) bond motifs is 5. The summed E-state index contributed by atoms with van der Waals surface area (Å²) in [6.45, 7) is 11.5. The fourth-order valence-corrected chi connectivity index (χ4v) is 10.8. The number of aromatic nitrogens is 2. The van der Waals surface area contributed by atoms with Gasteiger partial charge in [-0.25, -0.2) is 4.90 Å². The van der Waals surface area contributed by atoms with Crippen molar-refractivity contribution in [3.63, 3.8) is 0 Å². The highest BCUT2D eigenvalue weighted by atomic mass is 35.5. The fourth-order valence-electron chi connectivity index (χ4n) is 9.50.